The maximum atomic E-state index is 12.0. The molecule has 2 amide bonds. The Morgan fingerprint density at radius 3 is 2.22 bits per heavy atom. The van der Waals surface area contributed by atoms with Crippen molar-refractivity contribution in [3.05, 3.63) is 0 Å². The fraction of sp³-hybridized carbons (Fsp3) is 0.833. The van der Waals surface area contributed by atoms with Crippen molar-refractivity contribution in [3.8, 4) is 0 Å². The van der Waals surface area contributed by atoms with Crippen molar-refractivity contribution < 1.29 is 14.7 Å². The number of nitrogens with one attached hydrogen (secondary N) is 1. The highest BCUT2D eigenvalue weighted by Crippen LogP contribution is 2.19. The summed E-state index contributed by atoms with van der Waals surface area (Å²) in [5.74, 6) is -0.196. The highest BCUT2D eigenvalue weighted by molar-refractivity contribution is 7.98. The maximum Gasteiger partial charge on any atom is 0.326 e. The standard InChI is InChI=1S/C12H24N2O3S/c1-8(7-18-6)14(5)11(17)13-9(10(15)16)12(2,3)4/h8-9H,7H2,1-6H3,(H,13,17)(H,15,16). The lowest BCUT2D eigenvalue weighted by Gasteiger charge is -2.31. The highest BCUT2D eigenvalue weighted by atomic mass is 32.2. The molecule has 0 radical (unpaired) electrons. The van der Waals surface area contributed by atoms with Crippen LogP contribution in [0.25, 0.3) is 0 Å². The van der Waals surface area contributed by atoms with Crippen LogP contribution in [0.1, 0.15) is 27.7 Å². The molecule has 0 fully saturated rings. The topological polar surface area (TPSA) is 69.6 Å². The second-order valence-electron chi connectivity index (χ2n) is 5.50. The number of amides is 2. The Bertz CT molecular complexity index is 302. The Kier molecular flexibility index (Phi) is 6.52. The molecule has 0 aliphatic rings. The summed E-state index contributed by atoms with van der Waals surface area (Å²) in [5, 5.41) is 11.7. The second kappa shape index (κ2) is 6.87. The SMILES string of the molecule is CSCC(C)N(C)C(=O)NC(C(=O)O)C(C)(C)C. The molecule has 0 bridgehead atoms. The Morgan fingerprint density at radius 2 is 1.89 bits per heavy atom. The number of carboxylic acids is 1. The van der Waals surface area contributed by atoms with Crippen molar-refractivity contribution >= 4 is 23.8 Å². The Labute approximate surface area is 113 Å². The van der Waals surface area contributed by atoms with E-state index in [-0.39, 0.29) is 12.1 Å². The van der Waals surface area contributed by atoms with Crippen LogP contribution in [0.5, 0.6) is 0 Å². The summed E-state index contributed by atoms with van der Waals surface area (Å²) in [6.07, 6.45) is 1.97. The Hall–Kier alpha value is -0.910. The number of rotatable bonds is 5. The number of thioether (sulfide) groups is 1. The second-order valence-corrected chi connectivity index (χ2v) is 6.41. The first-order valence-corrected chi connectivity index (χ1v) is 7.25. The van der Waals surface area contributed by atoms with Gasteiger partial charge < -0.3 is 15.3 Å². The van der Waals surface area contributed by atoms with Gasteiger partial charge in [0.05, 0.1) is 0 Å². The average Bonchev–Trinajstić information content (AvgIpc) is 2.22. The van der Waals surface area contributed by atoms with Gasteiger partial charge >= 0.3 is 12.0 Å². The molecule has 0 aliphatic carbocycles. The van der Waals surface area contributed by atoms with Gasteiger partial charge in [-0.3, -0.25) is 0 Å². The van der Waals surface area contributed by atoms with Crippen LogP contribution in [0.2, 0.25) is 0 Å². The summed E-state index contributed by atoms with van der Waals surface area (Å²) in [5.41, 5.74) is -0.523. The minimum absolute atomic E-state index is 0.0643. The molecule has 0 heterocycles. The molecule has 0 saturated heterocycles. The van der Waals surface area contributed by atoms with Gasteiger partial charge in [0, 0.05) is 18.8 Å². The molecule has 0 aromatic heterocycles. The van der Waals surface area contributed by atoms with Crippen molar-refractivity contribution in [1.29, 1.82) is 0 Å². The molecule has 0 spiro atoms. The van der Waals surface area contributed by atoms with E-state index >= 15 is 0 Å². The third-order valence-corrected chi connectivity index (χ3v) is 3.59. The van der Waals surface area contributed by atoms with Crippen LogP contribution in [0.3, 0.4) is 0 Å². The van der Waals surface area contributed by atoms with Crippen molar-refractivity contribution in [2.75, 3.05) is 19.1 Å². The Balaban J connectivity index is 4.66. The molecule has 0 aromatic rings. The molecule has 18 heavy (non-hydrogen) atoms. The molecule has 0 aromatic carbocycles. The van der Waals surface area contributed by atoms with E-state index in [1.165, 1.54) is 4.90 Å². The van der Waals surface area contributed by atoms with Gasteiger partial charge in [-0.15, -0.1) is 0 Å². The van der Waals surface area contributed by atoms with Crippen LogP contribution < -0.4 is 5.32 Å². The zero-order valence-electron chi connectivity index (χ0n) is 12.0. The fourth-order valence-electron chi connectivity index (χ4n) is 1.43. The summed E-state index contributed by atoms with van der Waals surface area (Å²) >= 11 is 1.65. The van der Waals surface area contributed by atoms with E-state index in [0.29, 0.717) is 0 Å². The lowest BCUT2D eigenvalue weighted by Crippen LogP contribution is -2.54. The molecule has 106 valence electrons. The van der Waals surface area contributed by atoms with E-state index in [1.54, 1.807) is 39.6 Å². The van der Waals surface area contributed by atoms with Gasteiger partial charge in [0.25, 0.3) is 0 Å². The summed E-state index contributed by atoms with van der Waals surface area (Å²) in [4.78, 5) is 24.7. The smallest absolute Gasteiger partial charge is 0.326 e. The molecular formula is C12H24N2O3S. The maximum absolute atomic E-state index is 12.0. The van der Waals surface area contributed by atoms with Gasteiger partial charge in [-0.2, -0.15) is 11.8 Å². The van der Waals surface area contributed by atoms with E-state index in [1.807, 2.05) is 13.2 Å². The van der Waals surface area contributed by atoms with E-state index in [0.717, 1.165) is 5.75 Å². The lowest BCUT2D eigenvalue weighted by atomic mass is 9.87. The van der Waals surface area contributed by atoms with Crippen molar-refractivity contribution in [1.82, 2.24) is 10.2 Å². The highest BCUT2D eigenvalue weighted by Gasteiger charge is 2.33. The number of aliphatic carboxylic acids is 1. The summed E-state index contributed by atoms with van der Waals surface area (Å²) in [7, 11) is 1.68. The largest absolute Gasteiger partial charge is 0.480 e. The molecule has 2 N–H and O–H groups in total. The third kappa shape index (κ3) is 5.16. The van der Waals surface area contributed by atoms with Crippen molar-refractivity contribution in [2.45, 2.75) is 39.8 Å². The van der Waals surface area contributed by atoms with Crippen LogP contribution in [-0.2, 0) is 4.79 Å². The van der Waals surface area contributed by atoms with Gasteiger partial charge in [0.1, 0.15) is 6.04 Å². The molecule has 0 aliphatic heterocycles. The average molecular weight is 276 g/mol. The molecule has 0 rings (SSSR count). The van der Waals surface area contributed by atoms with Gasteiger partial charge in [-0.05, 0) is 18.6 Å². The quantitative estimate of drug-likeness (QED) is 0.804. The Morgan fingerprint density at radius 1 is 1.39 bits per heavy atom. The van der Waals surface area contributed by atoms with Crippen LogP contribution in [0.4, 0.5) is 4.79 Å². The van der Waals surface area contributed by atoms with Crippen LogP contribution >= 0.6 is 11.8 Å². The minimum atomic E-state index is -1.01. The van der Waals surface area contributed by atoms with Gasteiger partial charge in [-0.25, -0.2) is 9.59 Å². The first-order chi connectivity index (χ1) is 8.11. The summed E-state index contributed by atoms with van der Waals surface area (Å²) in [6.45, 7) is 7.30. The minimum Gasteiger partial charge on any atom is -0.480 e. The number of carboxylic acid groups (broad SMARTS) is 1. The van der Waals surface area contributed by atoms with Gasteiger partial charge in [0.2, 0.25) is 0 Å². The lowest BCUT2D eigenvalue weighted by molar-refractivity contribution is -0.142. The number of carbonyl (C=O) groups is 2. The summed E-state index contributed by atoms with van der Waals surface area (Å²) in [6, 6.07) is -1.18. The number of urea groups is 1. The van der Waals surface area contributed by atoms with E-state index in [9.17, 15) is 9.59 Å². The van der Waals surface area contributed by atoms with Gasteiger partial charge in [0.15, 0.2) is 0 Å². The van der Waals surface area contributed by atoms with E-state index in [4.69, 9.17) is 5.11 Å². The molecule has 0 saturated carbocycles. The van der Waals surface area contributed by atoms with E-state index in [2.05, 4.69) is 5.32 Å². The molecule has 2 unspecified atom stereocenters. The van der Waals surface area contributed by atoms with Crippen LogP contribution in [0, 0.1) is 5.41 Å². The normalized spacial score (nSPS) is 14.8. The number of nitrogens with zero attached hydrogens (tertiary/aromatic N) is 1. The molecular weight excluding hydrogens is 252 g/mol. The number of hydrogen-bond donors (Lipinski definition) is 2. The first-order valence-electron chi connectivity index (χ1n) is 5.86. The number of carbonyl (C=O) groups excluding carboxylic acids is 1. The molecule has 5 nitrogen and oxygen atoms in total. The van der Waals surface area contributed by atoms with Gasteiger partial charge in [-0.1, -0.05) is 20.8 Å². The monoisotopic (exact) mass is 276 g/mol. The number of hydrogen-bond acceptors (Lipinski definition) is 3. The van der Waals surface area contributed by atoms with Crippen molar-refractivity contribution in [3.63, 3.8) is 0 Å². The summed E-state index contributed by atoms with van der Waals surface area (Å²) < 4.78 is 0. The van der Waals surface area contributed by atoms with Crippen molar-refractivity contribution in [2.24, 2.45) is 5.41 Å². The third-order valence-electron chi connectivity index (χ3n) is 2.77. The zero-order chi connectivity index (χ0) is 14.5. The van der Waals surface area contributed by atoms with Crippen LogP contribution in [-0.4, -0.2) is 53.1 Å². The predicted octanol–water partition coefficient (Wildman–Crippen LogP) is 1.88. The first kappa shape index (κ1) is 17.1. The molecule has 6 heteroatoms. The fourth-order valence-corrected chi connectivity index (χ4v) is 2.13. The zero-order valence-corrected chi connectivity index (χ0v) is 12.8. The van der Waals surface area contributed by atoms with E-state index < -0.39 is 17.4 Å². The predicted molar refractivity (Wildman–Crippen MR) is 75.0 cm³/mol. The molecule has 2 atom stereocenters. The van der Waals surface area contributed by atoms with Crippen LogP contribution in [0.15, 0.2) is 0 Å².